The highest BCUT2D eigenvalue weighted by Gasteiger charge is 2.31. The lowest BCUT2D eigenvalue weighted by atomic mass is 10.0. The molecule has 0 unspecified atom stereocenters. The molecule has 0 aliphatic carbocycles. The van der Waals surface area contributed by atoms with Crippen molar-refractivity contribution in [3.8, 4) is 5.75 Å². The van der Waals surface area contributed by atoms with Crippen molar-refractivity contribution in [1.82, 2.24) is 9.80 Å². The Kier molecular flexibility index (Phi) is 12.8. The first-order valence-corrected chi connectivity index (χ1v) is 18.2. The van der Waals surface area contributed by atoms with E-state index in [2.05, 4.69) is 9.62 Å². The fourth-order valence-corrected chi connectivity index (χ4v) is 7.55. The predicted octanol–water partition coefficient (Wildman–Crippen LogP) is 5.17. The van der Waals surface area contributed by atoms with Gasteiger partial charge in [0.25, 0.3) is 15.9 Å². The summed E-state index contributed by atoms with van der Waals surface area (Å²) in [5.41, 5.74) is 1.63. The maximum absolute atomic E-state index is 14.3. The summed E-state index contributed by atoms with van der Waals surface area (Å²) >= 11 is 1.10. The first-order chi connectivity index (χ1) is 22.4. The zero-order chi connectivity index (χ0) is 34.1. The van der Waals surface area contributed by atoms with Crippen LogP contribution in [0.1, 0.15) is 66.3 Å². The molecule has 1 amide bonds. The van der Waals surface area contributed by atoms with Crippen LogP contribution < -0.4 is 9.46 Å². The van der Waals surface area contributed by atoms with Crippen molar-refractivity contribution in [2.75, 3.05) is 38.1 Å². The van der Waals surface area contributed by atoms with Crippen molar-refractivity contribution < 1.29 is 37.7 Å². The quantitative estimate of drug-likeness (QED) is 0.263. The van der Waals surface area contributed by atoms with Gasteiger partial charge in [0.2, 0.25) is 0 Å². The summed E-state index contributed by atoms with van der Waals surface area (Å²) < 4.78 is 41.4. The van der Waals surface area contributed by atoms with Crippen molar-refractivity contribution in [3.63, 3.8) is 0 Å². The van der Waals surface area contributed by atoms with Crippen LogP contribution in [0.25, 0.3) is 0 Å². The molecule has 0 saturated heterocycles. The van der Waals surface area contributed by atoms with Gasteiger partial charge < -0.3 is 24.6 Å². The Bertz CT molecular complexity index is 1580. The zero-order valence-electron chi connectivity index (χ0n) is 27.3. The fraction of sp³-hybridized carbons (Fsp3) is 0.471. The normalized spacial score (nSPS) is 20.6. The highest BCUT2D eigenvalue weighted by molar-refractivity contribution is 7.94. The number of amides is 1. The van der Waals surface area contributed by atoms with Gasteiger partial charge in [-0.2, -0.15) is 0 Å². The van der Waals surface area contributed by atoms with E-state index in [-0.39, 0.29) is 58.2 Å². The Hall–Kier alpha value is -3.49. The second-order valence-corrected chi connectivity index (χ2v) is 15.1. The number of anilines is 1. The number of fused-ring (bicyclic) bond motifs is 1. The second kappa shape index (κ2) is 16.6. The highest BCUT2D eigenvalue weighted by atomic mass is 32.2. The molecule has 4 atom stereocenters. The van der Waals surface area contributed by atoms with Gasteiger partial charge in [0, 0.05) is 37.8 Å². The first-order valence-electron chi connectivity index (χ1n) is 15.8. The summed E-state index contributed by atoms with van der Waals surface area (Å²) in [7, 11) is -1.88. The number of nitrogens with zero attached hydrogens (tertiary/aromatic N) is 2. The number of carboxylic acid groups (broad SMARTS) is 1. The molecule has 1 aromatic heterocycles. The number of carbonyl (C=O) groups excluding carboxylic acids is 1. The first kappa shape index (κ1) is 36.3. The molecule has 0 saturated carbocycles. The van der Waals surface area contributed by atoms with Crippen LogP contribution in [0.3, 0.4) is 0 Å². The van der Waals surface area contributed by atoms with Gasteiger partial charge >= 0.3 is 5.97 Å². The molecule has 0 radical (unpaired) electrons. The number of rotatable bonds is 10. The average Bonchev–Trinajstić information content (AvgIpc) is 3.59. The number of nitrogens with one attached hydrogen (secondary N) is 1. The number of aromatic carboxylic acids is 1. The van der Waals surface area contributed by atoms with Crippen LogP contribution in [0.2, 0.25) is 0 Å². The van der Waals surface area contributed by atoms with E-state index in [4.69, 9.17) is 9.47 Å². The number of benzene rings is 2. The van der Waals surface area contributed by atoms with Gasteiger partial charge in [0.05, 0.1) is 36.0 Å². The van der Waals surface area contributed by atoms with Gasteiger partial charge in [-0.05, 0) is 87.5 Å². The number of thiophene rings is 1. The minimum Gasteiger partial charge on any atom is -0.490 e. The van der Waals surface area contributed by atoms with E-state index in [0.717, 1.165) is 36.2 Å². The topological polar surface area (TPSA) is 146 Å². The van der Waals surface area contributed by atoms with Crippen molar-refractivity contribution in [2.24, 2.45) is 5.92 Å². The largest absolute Gasteiger partial charge is 0.490 e. The lowest BCUT2D eigenvalue weighted by Gasteiger charge is -2.36. The molecule has 0 bridgehead atoms. The standard InChI is InChI=1S/C34H45N3O8S2/c1-23-19-37(24(2)22-38)33(39)29-18-28(35-47(42,43)32-9-7-17-46-32)14-15-30(29)45-25(3)8-5-6-16-44-31(23)21-36(4)20-26-10-12-27(13-11-26)34(40)41/h7,9-15,17-18,23-25,31,35,38H,5-6,8,16,19-22H2,1-4H3,(H,40,41)/t23-,24+,25-,31+/m0/s1. The van der Waals surface area contributed by atoms with Gasteiger partial charge in [-0.15, -0.1) is 11.3 Å². The second-order valence-electron chi connectivity index (χ2n) is 12.2. The number of aliphatic hydroxyl groups is 1. The third kappa shape index (κ3) is 10.0. The van der Waals surface area contributed by atoms with Crippen LogP contribution in [-0.4, -0.2) is 91.9 Å². The van der Waals surface area contributed by atoms with Gasteiger partial charge in [-0.3, -0.25) is 14.4 Å². The molecule has 2 heterocycles. The van der Waals surface area contributed by atoms with Crippen molar-refractivity contribution >= 4 is 38.9 Å². The Labute approximate surface area is 281 Å². The van der Waals surface area contributed by atoms with Crippen LogP contribution in [-0.2, 0) is 21.3 Å². The minimum absolute atomic E-state index is 0.142. The van der Waals surface area contributed by atoms with E-state index in [9.17, 15) is 28.2 Å². The maximum atomic E-state index is 14.3. The monoisotopic (exact) mass is 687 g/mol. The number of carbonyl (C=O) groups is 2. The van der Waals surface area contributed by atoms with Gasteiger partial charge in [-0.25, -0.2) is 13.2 Å². The van der Waals surface area contributed by atoms with Gasteiger partial charge in [-0.1, -0.05) is 25.1 Å². The number of likely N-dealkylation sites (N-methyl/N-ethyl adjacent to an activating group) is 1. The van der Waals surface area contributed by atoms with Crippen LogP contribution in [0.4, 0.5) is 5.69 Å². The van der Waals surface area contributed by atoms with Crippen LogP contribution in [0.5, 0.6) is 5.75 Å². The Morgan fingerprint density at radius 2 is 1.89 bits per heavy atom. The average molecular weight is 688 g/mol. The summed E-state index contributed by atoms with van der Waals surface area (Å²) in [6.07, 6.45) is 1.94. The molecule has 11 nitrogen and oxygen atoms in total. The number of hydrogen-bond acceptors (Lipinski definition) is 9. The molecule has 3 aromatic rings. The van der Waals surface area contributed by atoms with Crippen molar-refractivity contribution in [3.05, 3.63) is 76.7 Å². The van der Waals surface area contributed by atoms with Gasteiger partial charge in [0.15, 0.2) is 0 Å². The lowest BCUT2D eigenvalue weighted by Crippen LogP contribution is -2.47. The number of aliphatic hydroxyl groups excluding tert-OH is 1. The third-order valence-corrected chi connectivity index (χ3v) is 11.0. The number of hydrogen-bond donors (Lipinski definition) is 3. The van der Waals surface area contributed by atoms with Crippen LogP contribution >= 0.6 is 11.3 Å². The van der Waals surface area contributed by atoms with Crippen LogP contribution in [0.15, 0.2) is 64.2 Å². The molecular weight excluding hydrogens is 643 g/mol. The Balaban J connectivity index is 1.61. The highest BCUT2D eigenvalue weighted by Crippen LogP contribution is 2.30. The summed E-state index contributed by atoms with van der Waals surface area (Å²) in [4.78, 5) is 29.3. The Morgan fingerprint density at radius 3 is 2.55 bits per heavy atom. The maximum Gasteiger partial charge on any atom is 0.335 e. The zero-order valence-corrected chi connectivity index (χ0v) is 28.9. The SMILES string of the molecule is C[C@H](CO)N1C[C@H](C)[C@@H](CN(C)Cc2ccc(C(=O)O)cc2)OCCCC[C@H](C)Oc2ccc(NS(=O)(=O)c3cccs3)cc2C1=O. The van der Waals surface area contributed by atoms with E-state index in [0.29, 0.717) is 25.4 Å². The molecule has 47 heavy (non-hydrogen) atoms. The predicted molar refractivity (Wildman–Crippen MR) is 182 cm³/mol. The van der Waals surface area contributed by atoms with Gasteiger partial charge in [0.1, 0.15) is 9.96 Å². The summed E-state index contributed by atoms with van der Waals surface area (Å²) in [5, 5.41) is 21.1. The molecule has 3 N–H and O–H groups in total. The lowest BCUT2D eigenvalue weighted by molar-refractivity contribution is -0.0177. The van der Waals surface area contributed by atoms with Crippen LogP contribution in [0, 0.1) is 5.92 Å². The molecule has 256 valence electrons. The van der Waals surface area contributed by atoms with E-state index in [1.807, 2.05) is 20.9 Å². The Morgan fingerprint density at radius 1 is 1.15 bits per heavy atom. The molecule has 0 fully saturated rings. The molecule has 13 heteroatoms. The fourth-order valence-electron chi connectivity index (χ4n) is 5.51. The summed E-state index contributed by atoms with van der Waals surface area (Å²) in [6.45, 7) is 7.39. The molecule has 2 aromatic carbocycles. The smallest absolute Gasteiger partial charge is 0.335 e. The number of ether oxygens (including phenoxy) is 2. The third-order valence-electron chi connectivity index (χ3n) is 8.21. The molecule has 1 aliphatic rings. The molecule has 1 aliphatic heterocycles. The van der Waals surface area contributed by atoms with E-state index >= 15 is 0 Å². The molecule has 0 spiro atoms. The molecular formula is C34H45N3O8S2. The number of carboxylic acids is 1. The minimum atomic E-state index is -3.85. The van der Waals surface area contributed by atoms with E-state index in [1.54, 1.807) is 59.7 Å². The van der Waals surface area contributed by atoms with E-state index in [1.165, 1.54) is 12.1 Å². The van der Waals surface area contributed by atoms with Crippen molar-refractivity contribution in [2.45, 2.75) is 69.0 Å². The van der Waals surface area contributed by atoms with E-state index < -0.39 is 22.0 Å². The molecule has 4 rings (SSSR count). The van der Waals surface area contributed by atoms with Crippen molar-refractivity contribution in [1.29, 1.82) is 0 Å². The summed E-state index contributed by atoms with van der Waals surface area (Å²) in [6, 6.07) is 14.1. The summed E-state index contributed by atoms with van der Waals surface area (Å²) in [5.74, 6) is -1.15. The number of sulfonamides is 1.